The van der Waals surface area contributed by atoms with Crippen LogP contribution in [-0.4, -0.2) is 35.6 Å². The molecule has 92 valence electrons. The molecule has 0 bridgehead atoms. The van der Waals surface area contributed by atoms with E-state index in [1.54, 1.807) is 0 Å². The van der Waals surface area contributed by atoms with E-state index in [9.17, 15) is 0 Å². The first-order valence-corrected chi connectivity index (χ1v) is 6.53. The molecule has 1 aromatic rings. The van der Waals surface area contributed by atoms with Gasteiger partial charge in [-0.2, -0.15) is 0 Å². The summed E-state index contributed by atoms with van der Waals surface area (Å²) in [4.78, 5) is 11.5. The van der Waals surface area contributed by atoms with E-state index in [1.165, 1.54) is 19.4 Å². The van der Waals surface area contributed by atoms with Crippen molar-refractivity contribution in [2.75, 3.05) is 24.5 Å². The molecule has 4 nitrogen and oxygen atoms in total. The molecule has 0 spiro atoms. The Morgan fingerprint density at radius 3 is 2.76 bits per heavy atom. The number of hydrogen-bond acceptors (Lipinski definition) is 4. The van der Waals surface area contributed by atoms with Crippen LogP contribution in [0.25, 0.3) is 0 Å². The molecule has 0 saturated carbocycles. The molecule has 17 heavy (non-hydrogen) atoms. The molecule has 0 aliphatic carbocycles. The van der Waals surface area contributed by atoms with E-state index in [0.717, 1.165) is 36.3 Å². The van der Waals surface area contributed by atoms with Gasteiger partial charge in [0.25, 0.3) is 0 Å². The number of piperidine rings is 1. The van der Waals surface area contributed by atoms with Crippen molar-refractivity contribution < 1.29 is 0 Å². The summed E-state index contributed by atoms with van der Waals surface area (Å²) in [7, 11) is 0. The van der Waals surface area contributed by atoms with Gasteiger partial charge in [-0.1, -0.05) is 0 Å². The van der Waals surface area contributed by atoms with E-state index < -0.39 is 0 Å². The molecule has 0 amide bonds. The van der Waals surface area contributed by atoms with Gasteiger partial charge in [0.05, 0.1) is 0 Å². The maximum absolute atomic E-state index is 4.56. The molecule has 3 heterocycles. The normalized spacial score (nSPS) is 28.2. The van der Waals surface area contributed by atoms with Crippen molar-refractivity contribution in [1.82, 2.24) is 15.3 Å². The molecule has 4 heteroatoms. The number of aromatic nitrogens is 2. The molecule has 1 unspecified atom stereocenters. The summed E-state index contributed by atoms with van der Waals surface area (Å²) in [6, 6.07) is 2.68. The van der Waals surface area contributed by atoms with Crippen molar-refractivity contribution in [3.63, 3.8) is 0 Å². The number of hydrogen-bond donors (Lipinski definition) is 1. The topological polar surface area (TPSA) is 41.1 Å². The maximum atomic E-state index is 4.56. The molecule has 3 rings (SSSR count). The van der Waals surface area contributed by atoms with E-state index in [4.69, 9.17) is 0 Å². The fourth-order valence-electron chi connectivity index (χ4n) is 3.06. The van der Waals surface area contributed by atoms with E-state index >= 15 is 0 Å². The standard InChI is InChI=1S/C13H20N4/c1-9-7-10(2)16-13(15-9)17-6-4-11-3-5-14-12(11)8-17/h7,11-12,14H,3-6,8H2,1-2H3/t11-,12?/m1/s1. The van der Waals surface area contributed by atoms with Crippen molar-refractivity contribution in [3.8, 4) is 0 Å². The van der Waals surface area contributed by atoms with Crippen LogP contribution in [0.4, 0.5) is 5.95 Å². The Morgan fingerprint density at radius 2 is 2.00 bits per heavy atom. The molecule has 2 aliphatic heterocycles. The summed E-state index contributed by atoms with van der Waals surface area (Å²) in [5.41, 5.74) is 2.13. The minimum atomic E-state index is 0.646. The second-order valence-corrected chi connectivity index (χ2v) is 5.29. The van der Waals surface area contributed by atoms with Crippen molar-refractivity contribution in [1.29, 1.82) is 0 Å². The molecule has 1 aromatic heterocycles. The van der Waals surface area contributed by atoms with Crippen molar-refractivity contribution in [2.24, 2.45) is 5.92 Å². The fourth-order valence-corrected chi connectivity index (χ4v) is 3.06. The molecule has 0 radical (unpaired) electrons. The van der Waals surface area contributed by atoms with Crippen LogP contribution < -0.4 is 10.2 Å². The van der Waals surface area contributed by atoms with Gasteiger partial charge in [0.15, 0.2) is 0 Å². The molecule has 2 saturated heterocycles. The van der Waals surface area contributed by atoms with E-state index in [-0.39, 0.29) is 0 Å². The van der Waals surface area contributed by atoms with Gasteiger partial charge >= 0.3 is 0 Å². The van der Waals surface area contributed by atoms with Gasteiger partial charge < -0.3 is 10.2 Å². The van der Waals surface area contributed by atoms with Crippen LogP contribution in [0.5, 0.6) is 0 Å². The Labute approximate surface area is 102 Å². The number of fused-ring (bicyclic) bond motifs is 1. The number of anilines is 1. The van der Waals surface area contributed by atoms with Gasteiger partial charge in [-0.3, -0.25) is 0 Å². The van der Waals surface area contributed by atoms with Gasteiger partial charge in [0, 0.05) is 30.5 Å². The smallest absolute Gasteiger partial charge is 0.225 e. The SMILES string of the molecule is Cc1cc(C)nc(N2CC[C@H]3CCNC3C2)n1. The number of aryl methyl sites for hydroxylation is 2. The number of nitrogens with one attached hydrogen (secondary N) is 1. The minimum absolute atomic E-state index is 0.646. The van der Waals surface area contributed by atoms with Crippen molar-refractivity contribution in [2.45, 2.75) is 32.7 Å². The van der Waals surface area contributed by atoms with Crippen LogP contribution in [0.15, 0.2) is 6.07 Å². The van der Waals surface area contributed by atoms with Crippen LogP contribution >= 0.6 is 0 Å². The first-order valence-electron chi connectivity index (χ1n) is 6.53. The van der Waals surface area contributed by atoms with Gasteiger partial charge in [-0.25, -0.2) is 9.97 Å². The zero-order chi connectivity index (χ0) is 11.8. The summed E-state index contributed by atoms with van der Waals surface area (Å²) < 4.78 is 0. The first kappa shape index (κ1) is 11.0. The fraction of sp³-hybridized carbons (Fsp3) is 0.692. The highest BCUT2D eigenvalue weighted by atomic mass is 15.3. The molecular formula is C13H20N4. The van der Waals surface area contributed by atoms with Crippen LogP contribution in [0, 0.1) is 19.8 Å². The van der Waals surface area contributed by atoms with Crippen molar-refractivity contribution in [3.05, 3.63) is 17.5 Å². The van der Waals surface area contributed by atoms with Crippen LogP contribution in [-0.2, 0) is 0 Å². The highest BCUT2D eigenvalue weighted by molar-refractivity contribution is 5.33. The highest BCUT2D eigenvalue weighted by Gasteiger charge is 2.33. The summed E-state index contributed by atoms with van der Waals surface area (Å²) in [5.74, 6) is 1.78. The maximum Gasteiger partial charge on any atom is 0.225 e. The summed E-state index contributed by atoms with van der Waals surface area (Å²) >= 11 is 0. The molecule has 1 N–H and O–H groups in total. The predicted octanol–water partition coefficient (Wildman–Crippen LogP) is 1.28. The van der Waals surface area contributed by atoms with Gasteiger partial charge in [-0.15, -0.1) is 0 Å². The van der Waals surface area contributed by atoms with Crippen LogP contribution in [0.2, 0.25) is 0 Å². The third-order valence-electron chi connectivity index (χ3n) is 3.93. The van der Waals surface area contributed by atoms with E-state index in [1.807, 2.05) is 19.9 Å². The largest absolute Gasteiger partial charge is 0.339 e. The van der Waals surface area contributed by atoms with Crippen LogP contribution in [0.1, 0.15) is 24.2 Å². The Balaban J connectivity index is 1.80. The lowest BCUT2D eigenvalue weighted by Crippen LogP contribution is -2.47. The Kier molecular flexibility index (Phi) is 2.74. The van der Waals surface area contributed by atoms with Gasteiger partial charge in [-0.05, 0) is 45.2 Å². The zero-order valence-electron chi connectivity index (χ0n) is 10.6. The molecule has 2 fully saturated rings. The molecule has 2 aliphatic rings. The zero-order valence-corrected chi connectivity index (χ0v) is 10.6. The molecule has 0 aromatic carbocycles. The monoisotopic (exact) mass is 232 g/mol. The third-order valence-corrected chi connectivity index (χ3v) is 3.93. The Morgan fingerprint density at radius 1 is 1.24 bits per heavy atom. The molecular weight excluding hydrogens is 212 g/mol. The summed E-state index contributed by atoms with van der Waals surface area (Å²) in [5, 5.41) is 3.59. The highest BCUT2D eigenvalue weighted by Crippen LogP contribution is 2.27. The average Bonchev–Trinajstić information content (AvgIpc) is 2.74. The summed E-state index contributed by atoms with van der Waals surface area (Å²) in [6.45, 7) is 7.42. The second kappa shape index (κ2) is 4.26. The van der Waals surface area contributed by atoms with Gasteiger partial charge in [0.1, 0.15) is 0 Å². The number of rotatable bonds is 1. The lowest BCUT2D eigenvalue weighted by atomic mass is 9.93. The Bertz CT molecular complexity index is 398. The quantitative estimate of drug-likeness (QED) is 0.792. The number of nitrogens with zero attached hydrogens (tertiary/aromatic N) is 3. The van der Waals surface area contributed by atoms with E-state index in [2.05, 4.69) is 20.2 Å². The lowest BCUT2D eigenvalue weighted by molar-refractivity contribution is 0.370. The predicted molar refractivity (Wildman–Crippen MR) is 68.2 cm³/mol. The second-order valence-electron chi connectivity index (χ2n) is 5.29. The molecule has 2 atom stereocenters. The summed E-state index contributed by atoms with van der Waals surface area (Å²) in [6.07, 6.45) is 2.61. The third kappa shape index (κ3) is 2.14. The van der Waals surface area contributed by atoms with Crippen molar-refractivity contribution >= 4 is 5.95 Å². The van der Waals surface area contributed by atoms with Crippen LogP contribution in [0.3, 0.4) is 0 Å². The minimum Gasteiger partial charge on any atom is -0.339 e. The lowest BCUT2D eigenvalue weighted by Gasteiger charge is -2.35. The van der Waals surface area contributed by atoms with E-state index in [0.29, 0.717) is 6.04 Å². The Hall–Kier alpha value is -1.16. The first-order chi connectivity index (χ1) is 8.22. The average molecular weight is 232 g/mol. The van der Waals surface area contributed by atoms with Gasteiger partial charge in [0.2, 0.25) is 5.95 Å².